The van der Waals surface area contributed by atoms with Gasteiger partial charge in [0.15, 0.2) is 0 Å². The van der Waals surface area contributed by atoms with Crippen LogP contribution in [0.5, 0.6) is 0 Å². The Bertz CT molecular complexity index is 428. The molecule has 3 heteroatoms. The molecule has 0 saturated carbocycles. The monoisotopic (exact) mass is 289 g/mol. The van der Waals surface area contributed by atoms with Crippen molar-refractivity contribution in [3.05, 3.63) is 30.3 Å². The maximum absolute atomic E-state index is 12.0. The van der Waals surface area contributed by atoms with Crippen molar-refractivity contribution in [2.24, 2.45) is 0 Å². The van der Waals surface area contributed by atoms with E-state index in [0.29, 0.717) is 12.8 Å². The smallest absolute Gasteiger partial charge is 0.226 e. The molecule has 0 fully saturated rings. The number of unbranched alkanes of at least 4 members (excludes halogenated alkanes) is 5. The molecule has 3 nitrogen and oxygen atoms in total. The van der Waals surface area contributed by atoms with E-state index in [1.807, 2.05) is 37.4 Å². The lowest BCUT2D eigenvalue weighted by Gasteiger charge is -2.17. The summed E-state index contributed by atoms with van der Waals surface area (Å²) in [7, 11) is 1.83. The zero-order chi connectivity index (χ0) is 15.5. The number of Topliss-reactive ketones (excluding diaryl/α,β-unsaturated/α-hetero) is 1. The summed E-state index contributed by atoms with van der Waals surface area (Å²) in [6, 6.07) is 9.74. The van der Waals surface area contributed by atoms with Crippen LogP contribution in [0.3, 0.4) is 0 Å². The SMILES string of the molecule is CC(=O)CCCCCCCCC(=O)N(C)c1ccccc1. The fraction of sp³-hybridized carbons (Fsp3) is 0.556. The second-order valence-corrected chi connectivity index (χ2v) is 5.61. The zero-order valence-corrected chi connectivity index (χ0v) is 13.3. The Hall–Kier alpha value is -1.64. The average Bonchev–Trinajstić information content (AvgIpc) is 2.49. The van der Waals surface area contributed by atoms with Crippen molar-refractivity contribution < 1.29 is 9.59 Å². The number of amides is 1. The lowest BCUT2D eigenvalue weighted by atomic mass is 10.1. The summed E-state index contributed by atoms with van der Waals surface area (Å²) in [6.45, 7) is 1.65. The fourth-order valence-corrected chi connectivity index (χ4v) is 2.32. The van der Waals surface area contributed by atoms with Gasteiger partial charge in [-0.15, -0.1) is 0 Å². The summed E-state index contributed by atoms with van der Waals surface area (Å²) in [6.07, 6.45) is 7.80. The summed E-state index contributed by atoms with van der Waals surface area (Å²) in [5.74, 6) is 0.460. The zero-order valence-electron chi connectivity index (χ0n) is 13.3. The molecular weight excluding hydrogens is 262 g/mol. The van der Waals surface area contributed by atoms with E-state index in [-0.39, 0.29) is 11.7 Å². The highest BCUT2D eigenvalue weighted by Crippen LogP contribution is 2.14. The van der Waals surface area contributed by atoms with E-state index in [1.165, 1.54) is 0 Å². The summed E-state index contributed by atoms with van der Waals surface area (Å²) < 4.78 is 0. The molecule has 0 aliphatic carbocycles. The molecule has 0 aromatic heterocycles. The highest BCUT2D eigenvalue weighted by atomic mass is 16.2. The molecule has 0 radical (unpaired) electrons. The average molecular weight is 289 g/mol. The van der Waals surface area contributed by atoms with Gasteiger partial charge in [0.25, 0.3) is 0 Å². The molecule has 0 bridgehead atoms. The van der Waals surface area contributed by atoms with Gasteiger partial charge in [-0.2, -0.15) is 0 Å². The van der Waals surface area contributed by atoms with Gasteiger partial charge in [0.1, 0.15) is 5.78 Å². The van der Waals surface area contributed by atoms with Gasteiger partial charge in [0.2, 0.25) is 5.91 Å². The van der Waals surface area contributed by atoms with Crippen LogP contribution >= 0.6 is 0 Å². The minimum absolute atomic E-state index is 0.178. The number of nitrogens with zero attached hydrogens (tertiary/aromatic N) is 1. The maximum atomic E-state index is 12.0. The number of ketones is 1. The minimum atomic E-state index is 0.178. The first-order valence-corrected chi connectivity index (χ1v) is 7.92. The third-order valence-electron chi connectivity index (χ3n) is 3.69. The Balaban J connectivity index is 2.07. The highest BCUT2D eigenvalue weighted by Gasteiger charge is 2.09. The molecule has 1 amide bonds. The summed E-state index contributed by atoms with van der Waals surface area (Å²) in [4.78, 5) is 24.6. The molecule has 0 aliphatic rings. The first kappa shape index (κ1) is 17.4. The molecular formula is C18H27NO2. The largest absolute Gasteiger partial charge is 0.316 e. The molecule has 0 N–H and O–H groups in total. The summed E-state index contributed by atoms with van der Waals surface area (Å²) in [5, 5.41) is 0. The lowest BCUT2D eigenvalue weighted by molar-refractivity contribution is -0.118. The van der Waals surface area contributed by atoms with Gasteiger partial charge in [-0.05, 0) is 31.9 Å². The molecule has 21 heavy (non-hydrogen) atoms. The van der Waals surface area contributed by atoms with Crippen LogP contribution in [0.25, 0.3) is 0 Å². The molecule has 0 unspecified atom stereocenters. The van der Waals surface area contributed by atoms with Gasteiger partial charge < -0.3 is 9.69 Å². The number of benzene rings is 1. The molecule has 0 aliphatic heterocycles. The van der Waals surface area contributed by atoms with Crippen LogP contribution in [-0.2, 0) is 9.59 Å². The normalized spacial score (nSPS) is 10.4. The van der Waals surface area contributed by atoms with E-state index in [4.69, 9.17) is 0 Å². The first-order valence-electron chi connectivity index (χ1n) is 7.92. The van der Waals surface area contributed by atoms with Crippen molar-refractivity contribution in [3.8, 4) is 0 Å². The standard InChI is InChI=1S/C18H27NO2/c1-16(20)12-8-5-3-4-6-11-15-18(21)19(2)17-13-9-7-10-14-17/h7,9-10,13-14H,3-6,8,11-12,15H2,1-2H3. The van der Waals surface area contributed by atoms with Crippen molar-refractivity contribution in [2.75, 3.05) is 11.9 Å². The molecule has 0 atom stereocenters. The van der Waals surface area contributed by atoms with Gasteiger partial charge in [0, 0.05) is 25.6 Å². The number of carbonyl (C=O) groups excluding carboxylic acids is 2. The van der Waals surface area contributed by atoms with E-state index >= 15 is 0 Å². The van der Waals surface area contributed by atoms with Gasteiger partial charge >= 0.3 is 0 Å². The molecule has 0 spiro atoms. The molecule has 0 saturated heterocycles. The van der Waals surface area contributed by atoms with Crippen LogP contribution in [0.4, 0.5) is 5.69 Å². The van der Waals surface area contributed by atoms with Gasteiger partial charge in [0.05, 0.1) is 0 Å². The number of carbonyl (C=O) groups is 2. The topological polar surface area (TPSA) is 37.4 Å². The molecule has 1 aromatic carbocycles. The second kappa shape index (κ2) is 10.1. The quantitative estimate of drug-likeness (QED) is 0.600. The van der Waals surface area contributed by atoms with Crippen molar-refractivity contribution >= 4 is 17.4 Å². The summed E-state index contributed by atoms with van der Waals surface area (Å²) >= 11 is 0. The molecule has 116 valence electrons. The van der Waals surface area contributed by atoms with Crippen LogP contribution in [0.1, 0.15) is 58.3 Å². The van der Waals surface area contributed by atoms with E-state index in [2.05, 4.69) is 0 Å². The van der Waals surface area contributed by atoms with Crippen molar-refractivity contribution in [1.29, 1.82) is 0 Å². The van der Waals surface area contributed by atoms with Gasteiger partial charge in [-0.3, -0.25) is 4.79 Å². The predicted octanol–water partition coefficient (Wildman–Crippen LogP) is 4.36. The number of anilines is 1. The summed E-state index contributed by atoms with van der Waals surface area (Å²) in [5.41, 5.74) is 0.951. The molecule has 1 aromatic rings. The van der Waals surface area contributed by atoms with Gasteiger partial charge in [-0.25, -0.2) is 0 Å². The number of para-hydroxylation sites is 1. The third-order valence-corrected chi connectivity index (χ3v) is 3.69. The van der Waals surface area contributed by atoms with E-state index in [1.54, 1.807) is 11.8 Å². The maximum Gasteiger partial charge on any atom is 0.226 e. The highest BCUT2D eigenvalue weighted by molar-refractivity contribution is 5.92. The van der Waals surface area contributed by atoms with Gasteiger partial charge in [-0.1, -0.05) is 43.9 Å². The Labute approximate surface area is 128 Å². The van der Waals surface area contributed by atoms with Crippen LogP contribution < -0.4 is 4.90 Å². The van der Waals surface area contributed by atoms with Crippen LogP contribution in [0, 0.1) is 0 Å². The van der Waals surface area contributed by atoms with Crippen molar-refractivity contribution in [2.45, 2.75) is 58.3 Å². The van der Waals surface area contributed by atoms with Crippen LogP contribution in [0.2, 0.25) is 0 Å². The Morgan fingerprint density at radius 1 is 0.857 bits per heavy atom. The van der Waals surface area contributed by atoms with E-state index in [0.717, 1.165) is 44.2 Å². The van der Waals surface area contributed by atoms with Crippen molar-refractivity contribution in [3.63, 3.8) is 0 Å². The predicted molar refractivity (Wildman–Crippen MR) is 87.5 cm³/mol. The minimum Gasteiger partial charge on any atom is -0.316 e. The third kappa shape index (κ3) is 7.64. The Kier molecular flexibility index (Phi) is 8.41. The van der Waals surface area contributed by atoms with Crippen LogP contribution in [0.15, 0.2) is 30.3 Å². The van der Waals surface area contributed by atoms with E-state index in [9.17, 15) is 9.59 Å². The Morgan fingerprint density at radius 2 is 1.38 bits per heavy atom. The first-order chi connectivity index (χ1) is 10.1. The molecule has 0 heterocycles. The Morgan fingerprint density at radius 3 is 1.95 bits per heavy atom. The second-order valence-electron chi connectivity index (χ2n) is 5.61. The van der Waals surface area contributed by atoms with Crippen molar-refractivity contribution in [1.82, 2.24) is 0 Å². The van der Waals surface area contributed by atoms with E-state index < -0.39 is 0 Å². The molecule has 1 rings (SSSR count). The number of rotatable bonds is 10. The fourth-order valence-electron chi connectivity index (χ4n) is 2.32. The van der Waals surface area contributed by atoms with Crippen LogP contribution in [-0.4, -0.2) is 18.7 Å². The lowest BCUT2D eigenvalue weighted by Crippen LogP contribution is -2.25. The number of hydrogen-bond acceptors (Lipinski definition) is 2. The number of hydrogen-bond donors (Lipinski definition) is 0.